The van der Waals surface area contributed by atoms with Crippen LogP contribution < -0.4 is 0 Å². The Balaban J connectivity index is 1.50. The van der Waals surface area contributed by atoms with E-state index in [-0.39, 0.29) is 5.92 Å². The van der Waals surface area contributed by atoms with Crippen molar-refractivity contribution in [2.24, 2.45) is 0 Å². The van der Waals surface area contributed by atoms with Gasteiger partial charge in [-0.15, -0.1) is 0 Å². The Kier molecular flexibility index (Phi) is 5.80. The molecule has 1 N–H and O–H groups in total. The molecule has 2 aliphatic rings. The Labute approximate surface area is 178 Å². The third kappa shape index (κ3) is 4.20. The SMILES string of the molecule is Cc1ccc(S(=O)(=O)N2CCC(c3ccc4c(c3)C=C(C(=O)O)CCC4)CC2)cc1. The summed E-state index contributed by atoms with van der Waals surface area (Å²) in [6.45, 7) is 2.93. The molecular weight excluding hydrogens is 398 g/mol. The summed E-state index contributed by atoms with van der Waals surface area (Å²) in [5.41, 5.74) is 4.86. The van der Waals surface area contributed by atoms with Crippen molar-refractivity contribution < 1.29 is 18.3 Å². The van der Waals surface area contributed by atoms with Gasteiger partial charge in [0, 0.05) is 18.7 Å². The van der Waals surface area contributed by atoms with Crippen LogP contribution >= 0.6 is 0 Å². The fourth-order valence-electron chi connectivity index (χ4n) is 4.42. The van der Waals surface area contributed by atoms with Gasteiger partial charge in [-0.3, -0.25) is 0 Å². The van der Waals surface area contributed by atoms with Gasteiger partial charge in [-0.05, 0) is 79.8 Å². The van der Waals surface area contributed by atoms with Gasteiger partial charge in [0.1, 0.15) is 0 Å². The minimum absolute atomic E-state index is 0.282. The first kappa shape index (κ1) is 20.8. The lowest BCUT2D eigenvalue weighted by Crippen LogP contribution is -2.37. The second kappa shape index (κ2) is 8.36. The third-order valence-electron chi connectivity index (χ3n) is 6.25. The van der Waals surface area contributed by atoms with Gasteiger partial charge in [-0.1, -0.05) is 35.9 Å². The van der Waals surface area contributed by atoms with Crippen LogP contribution in [0.25, 0.3) is 6.08 Å². The van der Waals surface area contributed by atoms with Crippen molar-refractivity contribution in [3.63, 3.8) is 0 Å². The monoisotopic (exact) mass is 425 g/mol. The van der Waals surface area contributed by atoms with E-state index in [0.717, 1.165) is 36.8 Å². The van der Waals surface area contributed by atoms with Gasteiger partial charge in [0.2, 0.25) is 10.0 Å². The number of hydrogen-bond acceptors (Lipinski definition) is 3. The molecule has 0 atom stereocenters. The van der Waals surface area contributed by atoms with E-state index in [9.17, 15) is 18.3 Å². The first-order valence-corrected chi connectivity index (χ1v) is 11.9. The fourth-order valence-corrected chi connectivity index (χ4v) is 5.89. The van der Waals surface area contributed by atoms with Crippen molar-refractivity contribution >= 4 is 22.1 Å². The molecule has 1 fully saturated rings. The van der Waals surface area contributed by atoms with Gasteiger partial charge in [-0.2, -0.15) is 4.31 Å². The topological polar surface area (TPSA) is 74.7 Å². The van der Waals surface area contributed by atoms with Crippen molar-refractivity contribution in [1.29, 1.82) is 0 Å². The normalized spacial score (nSPS) is 18.4. The van der Waals surface area contributed by atoms with Crippen LogP contribution in [0.1, 0.15) is 53.9 Å². The standard InChI is InChI=1S/C24H27NO4S/c1-17-5-9-23(10-6-17)30(28,29)25-13-11-19(12-14-25)20-8-7-18-3-2-4-21(24(26)27)16-22(18)15-20/h5-10,15-16,19H,2-4,11-14H2,1H3,(H,26,27). The predicted molar refractivity (Wildman–Crippen MR) is 117 cm³/mol. The number of carbonyl (C=O) groups is 1. The van der Waals surface area contributed by atoms with Gasteiger partial charge in [0.05, 0.1) is 4.90 Å². The molecule has 1 aliphatic carbocycles. The van der Waals surface area contributed by atoms with Crippen LogP contribution in [0.5, 0.6) is 0 Å². The van der Waals surface area contributed by atoms with E-state index < -0.39 is 16.0 Å². The van der Waals surface area contributed by atoms with Crippen molar-refractivity contribution in [2.75, 3.05) is 13.1 Å². The van der Waals surface area contributed by atoms with Crippen molar-refractivity contribution in [3.8, 4) is 0 Å². The molecule has 2 aromatic carbocycles. The minimum Gasteiger partial charge on any atom is -0.478 e. The largest absolute Gasteiger partial charge is 0.478 e. The maximum Gasteiger partial charge on any atom is 0.331 e. The molecule has 6 heteroatoms. The van der Waals surface area contributed by atoms with E-state index >= 15 is 0 Å². The second-order valence-corrected chi connectivity index (χ2v) is 10.2. The summed E-state index contributed by atoms with van der Waals surface area (Å²) in [7, 11) is -3.46. The average Bonchev–Trinajstić information content (AvgIpc) is 2.96. The second-order valence-electron chi connectivity index (χ2n) is 8.28. The maximum atomic E-state index is 12.9. The number of aliphatic carboxylic acids is 1. The molecule has 0 saturated carbocycles. The van der Waals surface area contributed by atoms with Crippen molar-refractivity contribution in [2.45, 2.75) is 49.8 Å². The summed E-state index contributed by atoms with van der Waals surface area (Å²) in [4.78, 5) is 11.8. The molecule has 4 rings (SSSR count). The molecule has 1 saturated heterocycles. The molecule has 0 bridgehead atoms. The molecule has 0 unspecified atom stereocenters. The number of rotatable bonds is 4. The van der Waals surface area contributed by atoms with Gasteiger partial charge < -0.3 is 5.11 Å². The van der Waals surface area contributed by atoms with E-state index in [1.54, 1.807) is 16.4 Å². The molecular formula is C24H27NO4S. The number of sulfonamides is 1. The first-order chi connectivity index (χ1) is 14.3. The smallest absolute Gasteiger partial charge is 0.331 e. The minimum atomic E-state index is -3.46. The maximum absolute atomic E-state index is 12.9. The number of carboxylic acid groups (broad SMARTS) is 1. The van der Waals surface area contributed by atoms with Crippen LogP contribution in [-0.4, -0.2) is 36.9 Å². The van der Waals surface area contributed by atoms with Crippen LogP contribution in [0, 0.1) is 6.92 Å². The van der Waals surface area contributed by atoms with E-state index in [0.29, 0.717) is 30.0 Å². The fraction of sp³-hybridized carbons (Fsp3) is 0.375. The average molecular weight is 426 g/mol. The lowest BCUT2D eigenvalue weighted by molar-refractivity contribution is -0.132. The summed E-state index contributed by atoms with van der Waals surface area (Å²) in [5.74, 6) is -0.562. The Morgan fingerprint density at radius 3 is 2.40 bits per heavy atom. The molecule has 30 heavy (non-hydrogen) atoms. The Morgan fingerprint density at radius 2 is 1.73 bits per heavy atom. The molecule has 0 spiro atoms. The number of piperidine rings is 1. The van der Waals surface area contributed by atoms with Crippen molar-refractivity contribution in [1.82, 2.24) is 4.31 Å². The molecule has 0 aromatic heterocycles. The highest BCUT2D eigenvalue weighted by Crippen LogP contribution is 2.33. The highest BCUT2D eigenvalue weighted by molar-refractivity contribution is 7.89. The number of fused-ring (bicyclic) bond motifs is 1. The van der Waals surface area contributed by atoms with E-state index in [2.05, 4.69) is 18.2 Å². The molecule has 1 heterocycles. The van der Waals surface area contributed by atoms with Gasteiger partial charge in [0.15, 0.2) is 0 Å². The zero-order valence-electron chi connectivity index (χ0n) is 17.2. The highest BCUT2D eigenvalue weighted by Gasteiger charge is 2.30. The van der Waals surface area contributed by atoms with Crippen molar-refractivity contribution in [3.05, 3.63) is 70.3 Å². The highest BCUT2D eigenvalue weighted by atomic mass is 32.2. The number of carboxylic acids is 1. The van der Waals surface area contributed by atoms with Gasteiger partial charge in [-0.25, -0.2) is 13.2 Å². The van der Waals surface area contributed by atoms with Crippen LogP contribution in [0.15, 0.2) is 52.9 Å². The zero-order valence-corrected chi connectivity index (χ0v) is 18.0. The Hall–Kier alpha value is -2.44. The van der Waals surface area contributed by atoms with Crippen LogP contribution in [0.4, 0.5) is 0 Å². The van der Waals surface area contributed by atoms with E-state index in [1.807, 2.05) is 25.1 Å². The Morgan fingerprint density at radius 1 is 1.03 bits per heavy atom. The van der Waals surface area contributed by atoms with E-state index in [1.165, 1.54) is 11.1 Å². The number of aryl methyl sites for hydroxylation is 2. The van der Waals surface area contributed by atoms with Crippen LogP contribution in [0.2, 0.25) is 0 Å². The molecule has 0 radical (unpaired) electrons. The summed E-state index contributed by atoms with van der Waals surface area (Å²) in [6.07, 6.45) is 5.66. The number of hydrogen-bond donors (Lipinski definition) is 1. The van der Waals surface area contributed by atoms with Gasteiger partial charge in [0.25, 0.3) is 0 Å². The quantitative estimate of drug-likeness (QED) is 0.789. The predicted octanol–water partition coefficient (Wildman–Crippen LogP) is 4.37. The van der Waals surface area contributed by atoms with E-state index in [4.69, 9.17) is 0 Å². The molecule has 5 nitrogen and oxygen atoms in total. The molecule has 0 amide bonds. The molecule has 1 aliphatic heterocycles. The van der Waals surface area contributed by atoms with Crippen LogP contribution in [-0.2, 0) is 21.2 Å². The lowest BCUT2D eigenvalue weighted by atomic mass is 9.88. The summed E-state index contributed by atoms with van der Waals surface area (Å²) < 4.78 is 27.5. The summed E-state index contributed by atoms with van der Waals surface area (Å²) in [5, 5.41) is 9.39. The lowest BCUT2D eigenvalue weighted by Gasteiger charge is -2.31. The first-order valence-electron chi connectivity index (χ1n) is 10.5. The van der Waals surface area contributed by atoms with Crippen LogP contribution in [0.3, 0.4) is 0 Å². The number of nitrogens with zero attached hydrogens (tertiary/aromatic N) is 1. The van der Waals surface area contributed by atoms with Gasteiger partial charge >= 0.3 is 5.97 Å². The summed E-state index contributed by atoms with van der Waals surface area (Å²) in [6, 6.07) is 13.4. The number of benzene rings is 2. The summed E-state index contributed by atoms with van der Waals surface area (Å²) >= 11 is 0. The molecule has 2 aromatic rings. The zero-order chi connectivity index (χ0) is 21.3. The molecule has 158 valence electrons. The third-order valence-corrected chi connectivity index (χ3v) is 8.16. The Bertz CT molecular complexity index is 1080.